The largest absolute Gasteiger partial charge is 0.393 e. The van der Waals surface area contributed by atoms with Crippen LogP contribution in [-0.4, -0.2) is 17.0 Å². The number of hydrogen-bond donors (Lipinski definition) is 1. The lowest BCUT2D eigenvalue weighted by atomic mass is 9.54. The fourth-order valence-corrected chi connectivity index (χ4v) is 4.64. The summed E-state index contributed by atoms with van der Waals surface area (Å²) in [5.41, 5.74) is 0.510. The fourth-order valence-electron chi connectivity index (χ4n) is 4.43. The number of aliphatic hydroxyl groups excluding tert-OH is 1. The Kier molecular flexibility index (Phi) is 4.37. The molecule has 0 aromatic heterocycles. The average Bonchev–Trinajstić information content (AvgIpc) is 2.50. The number of rotatable bonds is 1. The summed E-state index contributed by atoms with van der Waals surface area (Å²) in [5.74, 6) is -0.338. The summed E-state index contributed by atoms with van der Waals surface area (Å²) in [6.07, 6.45) is 4.33. The highest BCUT2D eigenvalue weighted by Gasteiger charge is 2.51. The highest BCUT2D eigenvalue weighted by atomic mass is 35.5. The number of hydrogen-bond acceptors (Lipinski definition) is 2. The number of fused-ring (bicyclic) bond motifs is 1. The van der Waals surface area contributed by atoms with E-state index in [4.69, 9.17) is 11.6 Å². The zero-order valence-corrected chi connectivity index (χ0v) is 14.2. The molecule has 0 saturated heterocycles. The minimum Gasteiger partial charge on any atom is -0.393 e. The van der Waals surface area contributed by atoms with Crippen LogP contribution in [0.2, 0.25) is 5.02 Å². The molecule has 0 radical (unpaired) electrons. The summed E-state index contributed by atoms with van der Waals surface area (Å²) < 4.78 is 14.0. The molecule has 2 unspecified atom stereocenters. The predicted octanol–water partition coefficient (Wildman–Crippen LogP) is 4.64. The first kappa shape index (κ1) is 16.7. The van der Waals surface area contributed by atoms with Crippen molar-refractivity contribution in [2.45, 2.75) is 45.6 Å². The molecule has 2 nitrogen and oxygen atoms in total. The minimum absolute atomic E-state index is 0.0564. The Bertz CT molecular complexity index is 649. The molecular weight excluding hydrogens is 315 g/mol. The third kappa shape index (κ3) is 2.74. The van der Waals surface area contributed by atoms with Crippen LogP contribution in [0.15, 0.2) is 23.8 Å². The summed E-state index contributed by atoms with van der Waals surface area (Å²) in [4.78, 5) is 12.7. The van der Waals surface area contributed by atoms with Crippen molar-refractivity contribution in [2.75, 3.05) is 0 Å². The Morgan fingerprint density at radius 2 is 2.13 bits per heavy atom. The molecule has 2 aliphatic carbocycles. The highest BCUT2D eigenvalue weighted by molar-refractivity contribution is 6.32. The second-order valence-electron chi connectivity index (χ2n) is 7.19. The van der Waals surface area contributed by atoms with Crippen molar-refractivity contribution in [3.05, 3.63) is 40.2 Å². The van der Waals surface area contributed by atoms with E-state index in [0.29, 0.717) is 17.0 Å². The quantitative estimate of drug-likeness (QED) is 0.759. The van der Waals surface area contributed by atoms with Crippen LogP contribution >= 0.6 is 11.6 Å². The molecule has 1 aromatic carbocycles. The number of aliphatic hydroxyl groups is 1. The van der Waals surface area contributed by atoms with Crippen LogP contribution in [-0.2, 0) is 4.79 Å². The van der Waals surface area contributed by atoms with Gasteiger partial charge in [-0.15, -0.1) is 0 Å². The first-order valence-corrected chi connectivity index (χ1v) is 8.59. The number of halogens is 2. The number of carbonyl (C=O) groups excluding carboxylic acids is 1. The van der Waals surface area contributed by atoms with E-state index >= 15 is 0 Å². The molecule has 2 saturated carbocycles. The van der Waals surface area contributed by atoms with Gasteiger partial charge in [0, 0.05) is 16.9 Å². The SMILES string of the molecule is CC1C(=O)/C(=C\c2c(F)cccc2Cl)C[C@@]2(C)C1CCC[C@@H]2O. The lowest BCUT2D eigenvalue weighted by Crippen LogP contribution is -2.51. The smallest absolute Gasteiger partial charge is 0.161 e. The number of Topliss-reactive ketones (excluding diaryl/α,β-unsaturated/α-hetero) is 1. The van der Waals surface area contributed by atoms with Gasteiger partial charge in [-0.25, -0.2) is 4.39 Å². The summed E-state index contributed by atoms with van der Waals surface area (Å²) in [6.45, 7) is 3.99. The minimum atomic E-state index is -0.429. The first-order valence-electron chi connectivity index (χ1n) is 8.21. The molecule has 4 atom stereocenters. The molecule has 0 aliphatic heterocycles. The Labute approximate surface area is 141 Å². The Balaban J connectivity index is 2.03. The predicted molar refractivity (Wildman–Crippen MR) is 89.6 cm³/mol. The molecule has 2 fully saturated rings. The van der Waals surface area contributed by atoms with Gasteiger partial charge in [0.15, 0.2) is 5.78 Å². The van der Waals surface area contributed by atoms with Crippen LogP contribution in [0.25, 0.3) is 6.08 Å². The van der Waals surface area contributed by atoms with Gasteiger partial charge in [-0.2, -0.15) is 0 Å². The van der Waals surface area contributed by atoms with E-state index in [0.717, 1.165) is 19.3 Å². The summed E-state index contributed by atoms with van der Waals surface area (Å²) in [6, 6.07) is 4.51. The van der Waals surface area contributed by atoms with E-state index in [1.807, 2.05) is 6.92 Å². The molecule has 3 rings (SSSR count). The molecule has 1 aromatic rings. The summed E-state index contributed by atoms with van der Waals surface area (Å²) >= 11 is 6.09. The zero-order chi connectivity index (χ0) is 16.8. The topological polar surface area (TPSA) is 37.3 Å². The van der Waals surface area contributed by atoms with Crippen molar-refractivity contribution in [1.29, 1.82) is 0 Å². The number of carbonyl (C=O) groups is 1. The monoisotopic (exact) mass is 336 g/mol. The second-order valence-corrected chi connectivity index (χ2v) is 7.60. The normalized spacial score (nSPS) is 36.1. The Morgan fingerprint density at radius 1 is 1.39 bits per heavy atom. The van der Waals surface area contributed by atoms with Crippen molar-refractivity contribution in [3.8, 4) is 0 Å². The van der Waals surface area contributed by atoms with Crippen molar-refractivity contribution in [2.24, 2.45) is 17.3 Å². The van der Waals surface area contributed by atoms with Gasteiger partial charge in [0.1, 0.15) is 5.82 Å². The molecule has 0 heterocycles. The molecule has 23 heavy (non-hydrogen) atoms. The van der Waals surface area contributed by atoms with E-state index in [1.165, 1.54) is 6.07 Å². The van der Waals surface area contributed by atoms with Crippen LogP contribution in [0.1, 0.15) is 45.1 Å². The number of allylic oxidation sites excluding steroid dienone is 1. The van der Waals surface area contributed by atoms with Gasteiger partial charge >= 0.3 is 0 Å². The molecule has 2 aliphatic rings. The second kappa shape index (κ2) is 6.03. The van der Waals surface area contributed by atoms with Gasteiger partial charge in [-0.3, -0.25) is 4.79 Å². The fraction of sp³-hybridized carbons (Fsp3) is 0.526. The third-order valence-corrected chi connectivity index (χ3v) is 6.15. The van der Waals surface area contributed by atoms with Crippen molar-refractivity contribution in [1.82, 2.24) is 0 Å². The Morgan fingerprint density at radius 3 is 2.83 bits per heavy atom. The molecule has 124 valence electrons. The molecule has 4 heteroatoms. The van der Waals surface area contributed by atoms with E-state index in [-0.39, 0.29) is 28.6 Å². The lowest BCUT2D eigenvalue weighted by Gasteiger charge is -2.51. The van der Waals surface area contributed by atoms with Gasteiger partial charge < -0.3 is 5.11 Å². The van der Waals surface area contributed by atoms with Crippen LogP contribution in [0.4, 0.5) is 4.39 Å². The average molecular weight is 337 g/mol. The van der Waals surface area contributed by atoms with E-state index < -0.39 is 11.9 Å². The van der Waals surface area contributed by atoms with Crippen LogP contribution in [0, 0.1) is 23.1 Å². The Hall–Kier alpha value is -1.19. The first-order chi connectivity index (χ1) is 10.8. The highest BCUT2D eigenvalue weighted by Crippen LogP contribution is 2.53. The standard InChI is InChI=1S/C19H22ClFO2/c1-11-14-5-3-8-17(22)19(14,2)10-12(18(11)23)9-13-15(20)6-4-7-16(13)21/h4,6-7,9,11,14,17,22H,3,5,8,10H2,1-2H3/b12-9-/t11?,14?,17-,19-/m0/s1. The van der Waals surface area contributed by atoms with Crippen LogP contribution in [0.3, 0.4) is 0 Å². The van der Waals surface area contributed by atoms with Crippen molar-refractivity contribution in [3.63, 3.8) is 0 Å². The van der Waals surface area contributed by atoms with E-state index in [1.54, 1.807) is 18.2 Å². The number of ketones is 1. The van der Waals surface area contributed by atoms with E-state index in [2.05, 4.69) is 6.92 Å². The van der Waals surface area contributed by atoms with Gasteiger partial charge in [-0.05, 0) is 49.0 Å². The van der Waals surface area contributed by atoms with Crippen LogP contribution in [0.5, 0.6) is 0 Å². The van der Waals surface area contributed by atoms with E-state index in [9.17, 15) is 14.3 Å². The molecule has 0 amide bonds. The zero-order valence-electron chi connectivity index (χ0n) is 13.5. The summed E-state index contributed by atoms with van der Waals surface area (Å²) in [5, 5.41) is 10.8. The van der Waals surface area contributed by atoms with Gasteiger partial charge in [0.05, 0.1) is 11.1 Å². The van der Waals surface area contributed by atoms with Crippen molar-refractivity contribution >= 4 is 23.5 Å². The molecule has 0 bridgehead atoms. The molecule has 1 N–H and O–H groups in total. The van der Waals surface area contributed by atoms with Crippen LogP contribution < -0.4 is 0 Å². The summed E-state index contributed by atoms with van der Waals surface area (Å²) in [7, 11) is 0. The van der Waals surface area contributed by atoms with Gasteiger partial charge in [0.25, 0.3) is 0 Å². The maximum Gasteiger partial charge on any atom is 0.161 e. The number of benzene rings is 1. The van der Waals surface area contributed by atoms with Gasteiger partial charge in [0.2, 0.25) is 0 Å². The van der Waals surface area contributed by atoms with Gasteiger partial charge in [-0.1, -0.05) is 37.9 Å². The third-order valence-electron chi connectivity index (χ3n) is 5.82. The lowest BCUT2D eigenvalue weighted by molar-refractivity contribution is -0.133. The molecular formula is C19H22ClFO2. The maximum absolute atomic E-state index is 14.0. The molecule has 0 spiro atoms. The van der Waals surface area contributed by atoms with Crippen molar-refractivity contribution < 1.29 is 14.3 Å². The maximum atomic E-state index is 14.0.